The third-order valence-electron chi connectivity index (χ3n) is 1.74. The van der Waals surface area contributed by atoms with E-state index in [0.29, 0.717) is 17.7 Å². The number of anilines is 1. The van der Waals surface area contributed by atoms with Gasteiger partial charge in [-0.05, 0) is 18.2 Å². The molecule has 0 unspecified atom stereocenters. The van der Waals surface area contributed by atoms with E-state index in [9.17, 15) is 9.59 Å². The monoisotopic (exact) mass is 192 g/mol. The molecule has 0 aromatic heterocycles. The number of rotatable bonds is 3. The first-order chi connectivity index (χ1) is 6.65. The van der Waals surface area contributed by atoms with E-state index in [1.54, 1.807) is 38.4 Å². The summed E-state index contributed by atoms with van der Waals surface area (Å²) in [6, 6.07) is 6.79. The van der Waals surface area contributed by atoms with Crippen molar-refractivity contribution in [3.63, 3.8) is 0 Å². The Morgan fingerprint density at radius 2 is 2.14 bits per heavy atom. The van der Waals surface area contributed by atoms with Gasteiger partial charge in [-0.3, -0.25) is 9.59 Å². The summed E-state index contributed by atoms with van der Waals surface area (Å²) in [5.74, 6) is -0.0838. The minimum absolute atomic E-state index is 0.0838. The first-order valence-corrected chi connectivity index (χ1v) is 4.17. The highest BCUT2D eigenvalue weighted by molar-refractivity contribution is 5.95. The number of hydrogen-bond donors (Lipinski definition) is 1. The quantitative estimate of drug-likeness (QED) is 0.725. The smallest absolute Gasteiger partial charge is 0.253 e. The zero-order valence-corrected chi connectivity index (χ0v) is 8.15. The van der Waals surface area contributed by atoms with Crippen molar-refractivity contribution < 1.29 is 9.59 Å². The van der Waals surface area contributed by atoms with E-state index < -0.39 is 0 Å². The van der Waals surface area contributed by atoms with E-state index >= 15 is 0 Å². The summed E-state index contributed by atoms with van der Waals surface area (Å²) < 4.78 is 0. The summed E-state index contributed by atoms with van der Waals surface area (Å²) in [6.45, 7) is 0. The largest absolute Gasteiger partial charge is 0.345 e. The summed E-state index contributed by atoms with van der Waals surface area (Å²) in [7, 11) is 3.37. The number of carbonyl (C=O) groups excluding carboxylic acids is 2. The van der Waals surface area contributed by atoms with Gasteiger partial charge in [-0.1, -0.05) is 6.07 Å². The number of hydrogen-bond acceptors (Lipinski definition) is 2. The third-order valence-corrected chi connectivity index (χ3v) is 1.74. The number of carbonyl (C=O) groups is 2. The Morgan fingerprint density at radius 1 is 1.43 bits per heavy atom. The molecular weight excluding hydrogens is 180 g/mol. The average Bonchev–Trinajstić information content (AvgIpc) is 2.17. The fourth-order valence-electron chi connectivity index (χ4n) is 1.07. The van der Waals surface area contributed by atoms with Gasteiger partial charge in [0.1, 0.15) is 0 Å². The molecule has 14 heavy (non-hydrogen) atoms. The molecule has 1 rings (SSSR count). The number of nitrogens with one attached hydrogen (secondary N) is 1. The normalized spacial score (nSPS) is 9.29. The van der Waals surface area contributed by atoms with Crippen LogP contribution >= 0.6 is 0 Å². The molecule has 0 aliphatic rings. The number of amides is 2. The van der Waals surface area contributed by atoms with Gasteiger partial charge in [0.2, 0.25) is 6.41 Å². The molecule has 0 heterocycles. The van der Waals surface area contributed by atoms with Crippen LogP contribution in [0.3, 0.4) is 0 Å². The molecule has 0 bridgehead atoms. The van der Waals surface area contributed by atoms with Crippen LogP contribution in [0.15, 0.2) is 24.3 Å². The second-order valence-corrected chi connectivity index (χ2v) is 3.04. The molecule has 0 spiro atoms. The molecule has 0 atom stereocenters. The van der Waals surface area contributed by atoms with Crippen LogP contribution in [0.5, 0.6) is 0 Å². The van der Waals surface area contributed by atoms with E-state index in [1.807, 2.05) is 0 Å². The Labute approximate surface area is 82.5 Å². The molecule has 0 fully saturated rings. The number of benzene rings is 1. The third kappa shape index (κ3) is 2.32. The SMILES string of the molecule is CN(C)C(=O)c1cccc(NC=O)c1. The van der Waals surface area contributed by atoms with Crippen molar-refractivity contribution in [2.24, 2.45) is 0 Å². The Balaban J connectivity index is 2.93. The summed E-state index contributed by atoms with van der Waals surface area (Å²) >= 11 is 0. The van der Waals surface area contributed by atoms with Gasteiger partial charge >= 0.3 is 0 Å². The van der Waals surface area contributed by atoms with Crippen molar-refractivity contribution in [2.75, 3.05) is 19.4 Å². The molecule has 1 aromatic rings. The lowest BCUT2D eigenvalue weighted by atomic mass is 10.2. The predicted molar refractivity (Wildman–Crippen MR) is 54.1 cm³/mol. The van der Waals surface area contributed by atoms with Crippen LogP contribution in [0, 0.1) is 0 Å². The van der Waals surface area contributed by atoms with E-state index in [4.69, 9.17) is 0 Å². The summed E-state index contributed by atoms with van der Waals surface area (Å²) in [4.78, 5) is 23.2. The van der Waals surface area contributed by atoms with Gasteiger partial charge in [0.15, 0.2) is 0 Å². The Hall–Kier alpha value is -1.84. The van der Waals surface area contributed by atoms with Gasteiger partial charge in [-0.25, -0.2) is 0 Å². The molecule has 2 amide bonds. The van der Waals surface area contributed by atoms with Crippen molar-refractivity contribution in [1.82, 2.24) is 4.90 Å². The molecule has 0 saturated heterocycles. The average molecular weight is 192 g/mol. The molecule has 4 heteroatoms. The zero-order valence-electron chi connectivity index (χ0n) is 8.15. The van der Waals surface area contributed by atoms with E-state index in [1.165, 1.54) is 4.90 Å². The molecule has 1 N–H and O–H groups in total. The van der Waals surface area contributed by atoms with Crippen molar-refractivity contribution in [3.05, 3.63) is 29.8 Å². The maximum absolute atomic E-state index is 11.5. The van der Waals surface area contributed by atoms with Crippen LogP contribution in [0.1, 0.15) is 10.4 Å². The van der Waals surface area contributed by atoms with Gasteiger partial charge in [0, 0.05) is 25.3 Å². The highest BCUT2D eigenvalue weighted by Crippen LogP contribution is 2.10. The van der Waals surface area contributed by atoms with Gasteiger partial charge < -0.3 is 10.2 Å². The molecule has 0 aliphatic heterocycles. The summed E-state index contributed by atoms with van der Waals surface area (Å²) in [5.41, 5.74) is 1.18. The molecule has 0 radical (unpaired) electrons. The van der Waals surface area contributed by atoms with Gasteiger partial charge in [0.25, 0.3) is 5.91 Å². The fraction of sp³-hybridized carbons (Fsp3) is 0.200. The van der Waals surface area contributed by atoms with Gasteiger partial charge in [-0.15, -0.1) is 0 Å². The lowest BCUT2D eigenvalue weighted by Gasteiger charge is -2.10. The highest BCUT2D eigenvalue weighted by Gasteiger charge is 2.07. The second kappa shape index (κ2) is 4.41. The maximum atomic E-state index is 11.5. The lowest BCUT2D eigenvalue weighted by Crippen LogP contribution is -2.21. The Morgan fingerprint density at radius 3 is 2.71 bits per heavy atom. The molecule has 74 valence electrons. The summed E-state index contributed by atoms with van der Waals surface area (Å²) in [5, 5.41) is 2.49. The summed E-state index contributed by atoms with van der Waals surface area (Å²) in [6.07, 6.45) is 0.583. The van der Waals surface area contributed by atoms with Crippen LogP contribution in [0.2, 0.25) is 0 Å². The Bertz CT molecular complexity index is 348. The van der Waals surface area contributed by atoms with Gasteiger partial charge in [0.05, 0.1) is 0 Å². The molecular formula is C10H12N2O2. The number of nitrogens with zero attached hydrogens (tertiary/aromatic N) is 1. The first-order valence-electron chi connectivity index (χ1n) is 4.17. The Kier molecular flexibility index (Phi) is 3.23. The topological polar surface area (TPSA) is 49.4 Å². The molecule has 1 aromatic carbocycles. The minimum Gasteiger partial charge on any atom is -0.345 e. The van der Waals surface area contributed by atoms with Crippen LogP contribution in [0.25, 0.3) is 0 Å². The predicted octanol–water partition coefficient (Wildman–Crippen LogP) is 0.957. The highest BCUT2D eigenvalue weighted by atomic mass is 16.2. The standard InChI is InChI=1S/C10H12N2O2/c1-12(2)10(14)8-4-3-5-9(6-8)11-7-13/h3-7H,1-2H3,(H,11,13). The molecule has 4 nitrogen and oxygen atoms in total. The van der Waals surface area contributed by atoms with Crippen LogP contribution in [-0.2, 0) is 4.79 Å². The molecule has 0 aliphatic carbocycles. The molecule has 0 saturated carbocycles. The van der Waals surface area contributed by atoms with Crippen LogP contribution in [-0.4, -0.2) is 31.3 Å². The van der Waals surface area contributed by atoms with E-state index in [-0.39, 0.29) is 5.91 Å². The second-order valence-electron chi connectivity index (χ2n) is 3.04. The van der Waals surface area contributed by atoms with Crippen molar-refractivity contribution in [3.8, 4) is 0 Å². The zero-order chi connectivity index (χ0) is 10.6. The van der Waals surface area contributed by atoms with Gasteiger partial charge in [-0.2, -0.15) is 0 Å². The van der Waals surface area contributed by atoms with Crippen LogP contribution in [0.4, 0.5) is 5.69 Å². The lowest BCUT2D eigenvalue weighted by molar-refractivity contribution is -0.105. The van der Waals surface area contributed by atoms with Crippen molar-refractivity contribution in [2.45, 2.75) is 0 Å². The minimum atomic E-state index is -0.0838. The van der Waals surface area contributed by atoms with Crippen molar-refractivity contribution >= 4 is 18.0 Å². The van der Waals surface area contributed by atoms with E-state index in [0.717, 1.165) is 0 Å². The maximum Gasteiger partial charge on any atom is 0.253 e. The van der Waals surface area contributed by atoms with Crippen LogP contribution < -0.4 is 5.32 Å². The van der Waals surface area contributed by atoms with Crippen molar-refractivity contribution in [1.29, 1.82) is 0 Å². The van der Waals surface area contributed by atoms with E-state index in [2.05, 4.69) is 5.32 Å². The first kappa shape index (κ1) is 10.2. The fourth-order valence-corrected chi connectivity index (χ4v) is 1.07.